The maximum atomic E-state index is 14.5. The molecule has 0 bridgehead atoms. The van der Waals surface area contributed by atoms with Crippen molar-refractivity contribution in [3.8, 4) is 5.75 Å². The van der Waals surface area contributed by atoms with Crippen LogP contribution in [0.3, 0.4) is 0 Å². The molecular weight excluding hydrogens is 485 g/mol. The van der Waals surface area contributed by atoms with Gasteiger partial charge in [0.2, 0.25) is 0 Å². The van der Waals surface area contributed by atoms with Crippen LogP contribution in [0.5, 0.6) is 5.75 Å². The lowest BCUT2D eigenvalue weighted by Crippen LogP contribution is -2.53. The normalized spacial score (nSPS) is 17.1. The molecule has 1 aromatic carbocycles. The summed E-state index contributed by atoms with van der Waals surface area (Å²) >= 11 is 0. The standard InChI is InChI=1S/C30H52NO5P/c1-7-8-9-10-11-12-13-17-23-35-37(33,31-30(29(32)34-6)21-15-14-16-22-30)36-28-26(24(2)3)19-18-20-27(28)25(4)5/h18-20,24-25H,7-17,21-23H2,1-6H3,(H,31,33). The number of nitrogens with one attached hydrogen (secondary N) is 1. The van der Waals surface area contributed by atoms with Gasteiger partial charge in [-0.1, -0.05) is 117 Å². The topological polar surface area (TPSA) is 73.9 Å². The molecule has 2 rings (SSSR count). The number of hydrogen-bond donors (Lipinski definition) is 1. The number of benzene rings is 1. The van der Waals surface area contributed by atoms with E-state index in [1.807, 2.05) is 18.2 Å². The van der Waals surface area contributed by atoms with E-state index in [1.54, 1.807) is 0 Å². The van der Waals surface area contributed by atoms with E-state index >= 15 is 0 Å². The molecule has 7 heteroatoms. The van der Waals surface area contributed by atoms with Crippen molar-refractivity contribution < 1.29 is 23.1 Å². The third kappa shape index (κ3) is 9.71. The summed E-state index contributed by atoms with van der Waals surface area (Å²) in [5, 5.41) is 3.14. The molecule has 0 radical (unpaired) electrons. The number of unbranched alkanes of at least 4 members (excludes halogenated alkanes) is 7. The fraction of sp³-hybridized carbons (Fsp3) is 0.767. The summed E-state index contributed by atoms with van der Waals surface area (Å²) in [6.45, 7) is 10.9. The molecule has 6 nitrogen and oxygen atoms in total. The quantitative estimate of drug-likeness (QED) is 0.121. The van der Waals surface area contributed by atoms with E-state index in [-0.39, 0.29) is 11.8 Å². The predicted molar refractivity (Wildman–Crippen MR) is 152 cm³/mol. The smallest absolute Gasteiger partial charge is 0.459 e. The molecular formula is C30H52NO5P. The summed E-state index contributed by atoms with van der Waals surface area (Å²) in [4.78, 5) is 13.0. The van der Waals surface area contributed by atoms with Gasteiger partial charge in [0.05, 0.1) is 13.7 Å². The van der Waals surface area contributed by atoms with Crippen molar-refractivity contribution in [1.29, 1.82) is 0 Å². The molecule has 1 fully saturated rings. The van der Waals surface area contributed by atoms with Crippen LogP contribution in [-0.4, -0.2) is 25.2 Å². The Bertz CT molecular complexity index is 837. The fourth-order valence-corrected chi connectivity index (χ4v) is 7.01. The number of carbonyl (C=O) groups is 1. The molecule has 0 spiro atoms. The second-order valence-electron chi connectivity index (χ2n) is 11.2. The molecule has 0 saturated heterocycles. The maximum absolute atomic E-state index is 14.5. The zero-order valence-corrected chi connectivity index (χ0v) is 25.2. The van der Waals surface area contributed by atoms with Gasteiger partial charge in [-0.05, 0) is 42.2 Å². The first-order chi connectivity index (χ1) is 17.7. The second kappa shape index (κ2) is 15.9. The van der Waals surface area contributed by atoms with Crippen molar-refractivity contribution in [2.75, 3.05) is 13.7 Å². The molecule has 1 aromatic rings. The molecule has 0 aliphatic heterocycles. The van der Waals surface area contributed by atoms with Gasteiger partial charge in [-0.2, -0.15) is 5.09 Å². The number of para-hydroxylation sites is 1. The van der Waals surface area contributed by atoms with Gasteiger partial charge in [0, 0.05) is 0 Å². The van der Waals surface area contributed by atoms with Crippen LogP contribution in [0.4, 0.5) is 0 Å². The highest BCUT2D eigenvalue weighted by molar-refractivity contribution is 7.52. The van der Waals surface area contributed by atoms with E-state index in [4.69, 9.17) is 13.8 Å². The Morgan fingerprint density at radius 3 is 1.97 bits per heavy atom. The minimum absolute atomic E-state index is 0.180. The van der Waals surface area contributed by atoms with Crippen molar-refractivity contribution >= 4 is 13.7 Å². The first kappa shape index (κ1) is 31.9. The lowest BCUT2D eigenvalue weighted by Gasteiger charge is -2.37. The zero-order valence-electron chi connectivity index (χ0n) is 24.3. The minimum Gasteiger partial charge on any atom is -0.468 e. The Kier molecular flexibility index (Phi) is 13.7. The highest BCUT2D eigenvalue weighted by atomic mass is 31.2. The Hall–Kier alpha value is -1.36. The summed E-state index contributed by atoms with van der Waals surface area (Å²) in [6, 6.07) is 6.06. The van der Waals surface area contributed by atoms with Crippen LogP contribution in [0.2, 0.25) is 0 Å². The van der Waals surface area contributed by atoms with Crippen molar-refractivity contribution in [2.45, 2.75) is 135 Å². The van der Waals surface area contributed by atoms with Gasteiger partial charge in [-0.25, -0.2) is 4.57 Å². The van der Waals surface area contributed by atoms with Crippen LogP contribution in [0, 0.1) is 0 Å². The summed E-state index contributed by atoms with van der Waals surface area (Å²) in [6.07, 6.45) is 13.2. The van der Waals surface area contributed by atoms with Crippen LogP contribution >= 0.6 is 7.75 Å². The van der Waals surface area contributed by atoms with Gasteiger partial charge >= 0.3 is 13.7 Å². The van der Waals surface area contributed by atoms with E-state index in [9.17, 15) is 9.36 Å². The van der Waals surface area contributed by atoms with Gasteiger partial charge in [-0.15, -0.1) is 0 Å². The largest absolute Gasteiger partial charge is 0.468 e. The highest BCUT2D eigenvalue weighted by Crippen LogP contribution is 2.52. The highest BCUT2D eigenvalue weighted by Gasteiger charge is 2.47. The first-order valence-corrected chi connectivity index (χ1v) is 16.2. The number of carbonyl (C=O) groups excluding carboxylic acids is 1. The van der Waals surface area contributed by atoms with Crippen LogP contribution in [0.1, 0.15) is 141 Å². The average Bonchev–Trinajstić information content (AvgIpc) is 2.87. The van der Waals surface area contributed by atoms with Gasteiger partial charge in [0.25, 0.3) is 0 Å². The molecule has 1 unspecified atom stereocenters. The van der Waals surface area contributed by atoms with Crippen molar-refractivity contribution in [3.05, 3.63) is 29.3 Å². The third-order valence-corrected chi connectivity index (χ3v) is 9.07. The van der Waals surface area contributed by atoms with Crippen molar-refractivity contribution in [3.63, 3.8) is 0 Å². The summed E-state index contributed by atoms with van der Waals surface area (Å²) < 4.78 is 32.1. The van der Waals surface area contributed by atoms with Crippen LogP contribution < -0.4 is 9.61 Å². The minimum atomic E-state index is -3.90. The zero-order chi connectivity index (χ0) is 27.3. The van der Waals surface area contributed by atoms with Crippen molar-refractivity contribution in [1.82, 2.24) is 5.09 Å². The van der Waals surface area contributed by atoms with E-state index in [1.165, 1.54) is 39.2 Å². The molecule has 37 heavy (non-hydrogen) atoms. The lowest BCUT2D eigenvalue weighted by atomic mass is 9.83. The van der Waals surface area contributed by atoms with E-state index in [0.29, 0.717) is 25.2 Å². The Morgan fingerprint density at radius 1 is 0.919 bits per heavy atom. The number of rotatable bonds is 17. The first-order valence-electron chi connectivity index (χ1n) is 14.6. The second-order valence-corrected chi connectivity index (χ2v) is 12.9. The lowest BCUT2D eigenvalue weighted by molar-refractivity contribution is -0.149. The molecule has 1 aliphatic carbocycles. The fourth-order valence-electron chi connectivity index (χ4n) is 5.18. The van der Waals surface area contributed by atoms with Crippen molar-refractivity contribution in [2.24, 2.45) is 0 Å². The molecule has 0 amide bonds. The molecule has 1 saturated carbocycles. The number of hydrogen-bond acceptors (Lipinski definition) is 5. The molecule has 1 atom stereocenters. The van der Waals surface area contributed by atoms with Gasteiger partial charge in [-0.3, -0.25) is 9.32 Å². The monoisotopic (exact) mass is 537 g/mol. The van der Waals surface area contributed by atoms with Gasteiger partial charge < -0.3 is 9.26 Å². The Labute approximate surface area is 226 Å². The molecule has 1 N–H and O–H groups in total. The Morgan fingerprint density at radius 2 is 1.46 bits per heavy atom. The molecule has 0 aromatic heterocycles. The third-order valence-electron chi connectivity index (χ3n) is 7.42. The van der Waals surface area contributed by atoms with E-state index in [0.717, 1.165) is 49.7 Å². The SMILES string of the molecule is CCCCCCCCCCOP(=O)(NC1(C(=O)OC)CCCCC1)Oc1c(C(C)C)cccc1C(C)C. The summed E-state index contributed by atoms with van der Waals surface area (Å²) in [5.41, 5.74) is 0.909. The van der Waals surface area contributed by atoms with Crippen LogP contribution in [0.15, 0.2) is 18.2 Å². The maximum Gasteiger partial charge on any atom is 0.459 e. The van der Waals surface area contributed by atoms with Crippen LogP contribution in [-0.2, 0) is 18.6 Å². The van der Waals surface area contributed by atoms with E-state index < -0.39 is 19.3 Å². The molecule has 212 valence electrons. The van der Waals surface area contributed by atoms with Gasteiger partial charge in [0.15, 0.2) is 0 Å². The molecule has 0 heterocycles. The van der Waals surface area contributed by atoms with Crippen LogP contribution in [0.25, 0.3) is 0 Å². The molecule has 1 aliphatic rings. The average molecular weight is 538 g/mol. The Balaban J connectivity index is 2.25. The summed E-state index contributed by atoms with van der Waals surface area (Å²) in [7, 11) is -2.51. The predicted octanol–water partition coefficient (Wildman–Crippen LogP) is 9.04. The van der Waals surface area contributed by atoms with Gasteiger partial charge in [0.1, 0.15) is 11.3 Å². The summed E-state index contributed by atoms with van der Waals surface area (Å²) in [5.74, 6) is 0.571. The number of methoxy groups -OCH3 is 1. The number of esters is 1. The number of ether oxygens (including phenoxy) is 1. The van der Waals surface area contributed by atoms with E-state index in [2.05, 4.69) is 39.7 Å².